The molecule has 0 saturated carbocycles. The normalized spacial score (nSPS) is 10.2. The van der Waals surface area contributed by atoms with Gasteiger partial charge in [0.1, 0.15) is 0 Å². The van der Waals surface area contributed by atoms with Crippen molar-refractivity contribution in [3.05, 3.63) is 65.7 Å². The van der Waals surface area contributed by atoms with Crippen molar-refractivity contribution in [2.75, 3.05) is 5.32 Å². The minimum atomic E-state index is -0.585. The molecule has 2 N–H and O–H groups in total. The molecule has 6 nitrogen and oxygen atoms in total. The summed E-state index contributed by atoms with van der Waals surface area (Å²) in [6.07, 6.45) is 3.86. The molecule has 2 rings (SSSR count). The molecular weight excluding hydrogens is 356 g/mol. The second-order valence-electron chi connectivity index (χ2n) is 6.61. The van der Waals surface area contributed by atoms with E-state index in [0.29, 0.717) is 18.4 Å². The number of hydrogen-bond donors (Lipinski definition) is 2. The maximum Gasteiger partial charge on any atom is 0.362 e. The number of unbranched alkanes of at least 4 members (excludes halogenated alkanes) is 3. The summed E-state index contributed by atoms with van der Waals surface area (Å²) in [7, 11) is 0. The molecule has 2 amide bonds. The van der Waals surface area contributed by atoms with Crippen LogP contribution in [0.2, 0.25) is 0 Å². The highest BCUT2D eigenvalue weighted by molar-refractivity contribution is 5.91. The highest BCUT2D eigenvalue weighted by atomic mass is 16.7. The lowest BCUT2D eigenvalue weighted by Crippen LogP contribution is -2.26. The summed E-state index contributed by atoms with van der Waals surface area (Å²) in [6, 6.07) is 16.3. The molecule has 0 radical (unpaired) electrons. The molecular formula is C22H26N2O4. The van der Waals surface area contributed by atoms with Gasteiger partial charge in [-0.1, -0.05) is 48.7 Å². The Balaban J connectivity index is 1.51. The van der Waals surface area contributed by atoms with Gasteiger partial charge in [-0.15, -0.1) is 0 Å². The summed E-state index contributed by atoms with van der Waals surface area (Å²) in [5.41, 5.74) is 4.40. The van der Waals surface area contributed by atoms with Crippen LogP contribution in [0.25, 0.3) is 0 Å². The first-order valence-corrected chi connectivity index (χ1v) is 9.46. The summed E-state index contributed by atoms with van der Waals surface area (Å²) >= 11 is 0. The lowest BCUT2D eigenvalue weighted by molar-refractivity contribution is -0.130. The van der Waals surface area contributed by atoms with E-state index >= 15 is 0 Å². The molecule has 0 aliphatic carbocycles. The largest absolute Gasteiger partial charge is 0.362 e. The van der Waals surface area contributed by atoms with E-state index < -0.39 is 5.97 Å². The van der Waals surface area contributed by atoms with E-state index in [1.54, 1.807) is 24.3 Å². The molecule has 0 saturated heterocycles. The molecule has 28 heavy (non-hydrogen) atoms. The molecule has 2 aromatic rings. The lowest BCUT2D eigenvalue weighted by atomic mass is 10.1. The van der Waals surface area contributed by atoms with E-state index in [-0.39, 0.29) is 18.2 Å². The quantitative estimate of drug-likeness (QED) is 0.504. The van der Waals surface area contributed by atoms with Crippen molar-refractivity contribution >= 4 is 23.5 Å². The van der Waals surface area contributed by atoms with Crippen molar-refractivity contribution in [3.8, 4) is 0 Å². The monoisotopic (exact) mass is 382 g/mol. The highest BCUT2D eigenvalue weighted by Gasteiger charge is 2.09. The number of carbonyl (C=O) groups excluding carboxylic acids is 3. The summed E-state index contributed by atoms with van der Waals surface area (Å²) in [5.74, 6) is -0.924. The maximum absolute atomic E-state index is 11.8. The fraction of sp³-hybridized carbons (Fsp3) is 0.318. The van der Waals surface area contributed by atoms with Crippen LogP contribution in [0.4, 0.5) is 5.69 Å². The molecule has 0 aliphatic heterocycles. The Morgan fingerprint density at radius 1 is 0.786 bits per heavy atom. The number of aryl methyl sites for hydroxylation is 1. The fourth-order valence-electron chi connectivity index (χ4n) is 2.57. The molecule has 0 unspecified atom stereocenters. The molecule has 6 heteroatoms. The van der Waals surface area contributed by atoms with Gasteiger partial charge in [-0.3, -0.25) is 9.59 Å². The third-order valence-corrected chi connectivity index (χ3v) is 4.16. The van der Waals surface area contributed by atoms with Gasteiger partial charge in [0.05, 0.1) is 5.56 Å². The van der Waals surface area contributed by atoms with Crippen LogP contribution in [-0.2, 0) is 14.4 Å². The SMILES string of the molecule is Cc1ccc(C(=O)ONC(=O)CCCCCCC(=O)Nc2ccccc2)cc1. The second kappa shape index (κ2) is 11.5. The van der Waals surface area contributed by atoms with Crippen LogP contribution in [0.5, 0.6) is 0 Å². The summed E-state index contributed by atoms with van der Waals surface area (Å²) < 4.78 is 0. The van der Waals surface area contributed by atoms with Crippen molar-refractivity contribution < 1.29 is 19.2 Å². The third-order valence-electron chi connectivity index (χ3n) is 4.16. The number of rotatable bonds is 9. The molecule has 0 aliphatic rings. The summed E-state index contributed by atoms with van der Waals surface area (Å²) in [4.78, 5) is 40.1. The average molecular weight is 382 g/mol. The number of benzene rings is 2. The van der Waals surface area contributed by atoms with E-state index in [1.807, 2.05) is 37.3 Å². The number of para-hydroxylation sites is 1. The van der Waals surface area contributed by atoms with Crippen molar-refractivity contribution in [3.63, 3.8) is 0 Å². The number of hydrogen-bond acceptors (Lipinski definition) is 4. The Morgan fingerprint density at radius 2 is 1.39 bits per heavy atom. The number of amides is 2. The average Bonchev–Trinajstić information content (AvgIpc) is 2.70. The molecule has 0 aromatic heterocycles. The van der Waals surface area contributed by atoms with Gasteiger partial charge in [0.2, 0.25) is 5.91 Å². The standard InChI is InChI=1S/C22H26N2O4/c1-17-13-15-18(16-14-17)22(27)28-24-21(26)12-8-3-2-7-11-20(25)23-19-9-5-4-6-10-19/h4-6,9-10,13-16H,2-3,7-8,11-12H2,1H3,(H,23,25)(H,24,26). The molecule has 0 spiro atoms. The Kier molecular flexibility index (Phi) is 8.72. The number of carbonyl (C=O) groups is 3. The van der Waals surface area contributed by atoms with Crippen LogP contribution in [0.3, 0.4) is 0 Å². The zero-order chi connectivity index (χ0) is 20.2. The number of nitrogens with one attached hydrogen (secondary N) is 2. The summed E-state index contributed by atoms with van der Waals surface area (Å²) in [5, 5.41) is 2.84. The molecule has 2 aromatic carbocycles. The van der Waals surface area contributed by atoms with Crippen molar-refractivity contribution in [1.29, 1.82) is 0 Å². The van der Waals surface area contributed by atoms with Gasteiger partial charge in [0, 0.05) is 18.5 Å². The van der Waals surface area contributed by atoms with Crippen LogP contribution < -0.4 is 10.8 Å². The number of hydroxylamine groups is 1. The zero-order valence-corrected chi connectivity index (χ0v) is 16.1. The molecule has 0 atom stereocenters. The van der Waals surface area contributed by atoms with Gasteiger partial charge in [-0.05, 0) is 44.0 Å². The van der Waals surface area contributed by atoms with Crippen LogP contribution >= 0.6 is 0 Å². The topological polar surface area (TPSA) is 84.5 Å². The van der Waals surface area contributed by atoms with Gasteiger partial charge >= 0.3 is 5.97 Å². The van der Waals surface area contributed by atoms with Crippen LogP contribution in [0.15, 0.2) is 54.6 Å². The third kappa shape index (κ3) is 8.03. The van der Waals surface area contributed by atoms with Crippen molar-refractivity contribution in [1.82, 2.24) is 5.48 Å². The van der Waals surface area contributed by atoms with Crippen LogP contribution in [0, 0.1) is 6.92 Å². The molecule has 0 heterocycles. The van der Waals surface area contributed by atoms with E-state index in [9.17, 15) is 14.4 Å². The Morgan fingerprint density at radius 3 is 2.04 bits per heavy atom. The van der Waals surface area contributed by atoms with E-state index in [0.717, 1.165) is 30.5 Å². The summed E-state index contributed by atoms with van der Waals surface area (Å²) in [6.45, 7) is 1.92. The van der Waals surface area contributed by atoms with E-state index in [4.69, 9.17) is 4.84 Å². The first-order chi connectivity index (χ1) is 13.5. The second-order valence-corrected chi connectivity index (χ2v) is 6.61. The van der Waals surface area contributed by atoms with E-state index in [1.165, 1.54) is 0 Å². The predicted molar refractivity (Wildman–Crippen MR) is 108 cm³/mol. The lowest BCUT2D eigenvalue weighted by Gasteiger charge is -2.06. The molecule has 0 fully saturated rings. The van der Waals surface area contributed by atoms with Gasteiger partial charge in [-0.2, -0.15) is 5.48 Å². The number of anilines is 1. The minimum absolute atomic E-state index is 0.00744. The van der Waals surface area contributed by atoms with Crippen LogP contribution in [0.1, 0.15) is 54.4 Å². The van der Waals surface area contributed by atoms with Gasteiger partial charge in [0.15, 0.2) is 0 Å². The van der Waals surface area contributed by atoms with Crippen molar-refractivity contribution in [2.45, 2.75) is 45.4 Å². The smallest absolute Gasteiger partial charge is 0.335 e. The maximum atomic E-state index is 11.8. The Bertz CT molecular complexity index is 773. The van der Waals surface area contributed by atoms with Gasteiger partial charge in [0.25, 0.3) is 5.91 Å². The first-order valence-electron chi connectivity index (χ1n) is 9.46. The van der Waals surface area contributed by atoms with Gasteiger partial charge in [-0.25, -0.2) is 4.79 Å². The zero-order valence-electron chi connectivity index (χ0n) is 16.1. The van der Waals surface area contributed by atoms with Gasteiger partial charge < -0.3 is 10.2 Å². The van der Waals surface area contributed by atoms with Crippen molar-refractivity contribution in [2.24, 2.45) is 0 Å². The highest BCUT2D eigenvalue weighted by Crippen LogP contribution is 2.09. The predicted octanol–water partition coefficient (Wildman–Crippen LogP) is 4.16. The molecule has 148 valence electrons. The fourth-order valence-corrected chi connectivity index (χ4v) is 2.57. The minimum Gasteiger partial charge on any atom is -0.335 e. The first kappa shape index (κ1) is 21.2. The van der Waals surface area contributed by atoms with Crippen LogP contribution in [-0.4, -0.2) is 17.8 Å². The Hall–Kier alpha value is -3.15. The van der Waals surface area contributed by atoms with E-state index in [2.05, 4.69) is 10.8 Å². The molecule has 0 bridgehead atoms. The Labute approximate surface area is 165 Å².